The number of rotatable bonds is 10. The van der Waals surface area contributed by atoms with Crippen molar-refractivity contribution < 1.29 is 0 Å². The van der Waals surface area contributed by atoms with E-state index >= 15 is 0 Å². The third kappa shape index (κ3) is 10.7. The molecule has 0 saturated carbocycles. The maximum absolute atomic E-state index is 6.17. The minimum absolute atomic E-state index is 0.525. The van der Waals surface area contributed by atoms with E-state index in [2.05, 4.69) is 35.6 Å². The van der Waals surface area contributed by atoms with E-state index in [9.17, 15) is 0 Å². The standard InChI is InChI=1S/C12H25Cl2ISi/c1-3-4-5-6-7-8-9-10-11-12(2)16(13,14)15/h12H,3-11H2,1-2H3. The van der Waals surface area contributed by atoms with E-state index in [1.807, 2.05) is 0 Å². The molecule has 0 nitrogen and oxygen atoms in total. The smallest absolute Gasteiger partial charge is 0.132 e. The van der Waals surface area contributed by atoms with Gasteiger partial charge in [0.15, 0.2) is 0 Å². The maximum Gasteiger partial charge on any atom is 0.314 e. The van der Waals surface area contributed by atoms with Crippen LogP contribution >= 0.6 is 44.0 Å². The van der Waals surface area contributed by atoms with Crippen LogP contribution in [0, 0.1) is 0 Å². The Kier molecular flexibility index (Phi) is 11.4. The van der Waals surface area contributed by atoms with Crippen molar-refractivity contribution in [3.63, 3.8) is 0 Å². The lowest BCUT2D eigenvalue weighted by Crippen LogP contribution is -2.15. The second-order valence-corrected chi connectivity index (χ2v) is 19.9. The fourth-order valence-electron chi connectivity index (χ4n) is 1.75. The summed E-state index contributed by atoms with van der Waals surface area (Å²) in [6.07, 6.45) is 12.2. The molecule has 0 heterocycles. The zero-order chi connectivity index (χ0) is 12.4. The van der Waals surface area contributed by atoms with Gasteiger partial charge in [-0.15, -0.1) is 22.2 Å². The second-order valence-electron chi connectivity index (χ2n) is 4.71. The summed E-state index contributed by atoms with van der Waals surface area (Å²) in [5.74, 6) is 0. The molecule has 0 aromatic rings. The average Bonchev–Trinajstić information content (AvgIpc) is 2.20. The minimum atomic E-state index is -1.93. The molecule has 1 unspecified atom stereocenters. The summed E-state index contributed by atoms with van der Waals surface area (Å²) in [5, 5.41) is 0. The highest BCUT2D eigenvalue weighted by Crippen LogP contribution is 2.39. The van der Waals surface area contributed by atoms with Crippen LogP contribution in [-0.2, 0) is 0 Å². The van der Waals surface area contributed by atoms with E-state index in [-0.39, 0.29) is 0 Å². The van der Waals surface area contributed by atoms with Gasteiger partial charge in [0.25, 0.3) is 0 Å². The highest BCUT2D eigenvalue weighted by atomic mass is 127. The van der Waals surface area contributed by atoms with E-state index in [4.69, 9.17) is 22.2 Å². The average molecular weight is 395 g/mol. The first kappa shape index (κ1) is 17.5. The Bertz CT molecular complexity index is 160. The van der Waals surface area contributed by atoms with Gasteiger partial charge in [-0.2, -0.15) is 0 Å². The molecule has 0 amide bonds. The van der Waals surface area contributed by atoms with E-state index < -0.39 is 4.19 Å². The van der Waals surface area contributed by atoms with Crippen LogP contribution in [0.1, 0.15) is 71.6 Å². The lowest BCUT2D eigenvalue weighted by Gasteiger charge is -2.17. The van der Waals surface area contributed by atoms with Gasteiger partial charge in [-0.05, 0) is 5.54 Å². The summed E-state index contributed by atoms with van der Waals surface area (Å²) >= 11 is 14.6. The Hall–Kier alpha value is 1.53. The molecule has 0 aliphatic heterocycles. The second kappa shape index (κ2) is 10.4. The quantitative estimate of drug-likeness (QED) is 0.166. The van der Waals surface area contributed by atoms with Crippen LogP contribution in [0.4, 0.5) is 0 Å². The van der Waals surface area contributed by atoms with Crippen LogP contribution in [-0.4, -0.2) is 4.19 Å². The van der Waals surface area contributed by atoms with Crippen LogP contribution in [0.5, 0.6) is 0 Å². The Morgan fingerprint density at radius 2 is 1.38 bits per heavy atom. The first-order valence-corrected chi connectivity index (χ1v) is 13.8. The topological polar surface area (TPSA) is 0 Å². The number of hydrogen-bond acceptors (Lipinski definition) is 0. The highest BCUT2D eigenvalue weighted by molar-refractivity contribution is 14.1. The lowest BCUT2D eigenvalue weighted by atomic mass is 10.1. The van der Waals surface area contributed by atoms with Crippen molar-refractivity contribution in [3.8, 4) is 0 Å². The minimum Gasteiger partial charge on any atom is -0.132 e. The summed E-state index contributed by atoms with van der Waals surface area (Å²) in [6, 6.07) is 0. The van der Waals surface area contributed by atoms with Crippen LogP contribution in [0.15, 0.2) is 0 Å². The SMILES string of the molecule is CCCCCCCCCCC(C)[Si](Cl)(Cl)I. The molecular formula is C12H25Cl2ISi. The third-order valence-corrected chi connectivity index (χ3v) is 9.88. The lowest BCUT2D eigenvalue weighted by molar-refractivity contribution is 0.561. The van der Waals surface area contributed by atoms with Crippen molar-refractivity contribution in [2.45, 2.75) is 77.2 Å². The van der Waals surface area contributed by atoms with Gasteiger partial charge in [-0.1, -0.05) is 93.4 Å². The van der Waals surface area contributed by atoms with E-state index in [1.165, 1.54) is 57.8 Å². The summed E-state index contributed by atoms with van der Waals surface area (Å²) in [4.78, 5) is 0. The van der Waals surface area contributed by atoms with Crippen molar-refractivity contribution in [1.82, 2.24) is 0 Å². The normalized spacial score (nSPS) is 14.1. The molecule has 0 bridgehead atoms. The Balaban J connectivity index is 3.21. The molecule has 0 aliphatic rings. The number of halogens is 3. The number of unbranched alkanes of at least 4 members (excludes halogenated alkanes) is 7. The molecule has 0 saturated heterocycles. The van der Waals surface area contributed by atoms with Gasteiger partial charge >= 0.3 is 4.19 Å². The van der Waals surface area contributed by atoms with Gasteiger partial charge in [0, 0.05) is 0 Å². The van der Waals surface area contributed by atoms with Crippen molar-refractivity contribution in [3.05, 3.63) is 0 Å². The van der Waals surface area contributed by atoms with Crippen LogP contribution in [0.2, 0.25) is 5.54 Å². The van der Waals surface area contributed by atoms with Gasteiger partial charge in [0.2, 0.25) is 0 Å². The highest BCUT2D eigenvalue weighted by Gasteiger charge is 2.31. The zero-order valence-corrected chi connectivity index (χ0v) is 15.2. The van der Waals surface area contributed by atoms with Crippen molar-refractivity contribution in [1.29, 1.82) is 0 Å². The Morgan fingerprint density at radius 3 is 1.81 bits per heavy atom. The van der Waals surface area contributed by atoms with Crippen molar-refractivity contribution in [2.75, 3.05) is 0 Å². The monoisotopic (exact) mass is 394 g/mol. The Labute approximate surface area is 124 Å². The fraction of sp³-hybridized carbons (Fsp3) is 1.00. The van der Waals surface area contributed by atoms with Gasteiger partial charge in [-0.25, -0.2) is 0 Å². The molecule has 1 atom stereocenters. The summed E-state index contributed by atoms with van der Waals surface area (Å²) in [5.41, 5.74) is 0.525. The summed E-state index contributed by atoms with van der Waals surface area (Å²) in [7, 11) is 0. The molecule has 4 heteroatoms. The largest absolute Gasteiger partial charge is 0.314 e. The predicted molar refractivity (Wildman–Crippen MR) is 88.1 cm³/mol. The molecule has 0 aliphatic carbocycles. The molecule has 0 aromatic heterocycles. The van der Waals surface area contributed by atoms with Gasteiger partial charge in [-0.3, -0.25) is 0 Å². The third-order valence-electron chi connectivity index (χ3n) is 3.05. The molecule has 0 fully saturated rings. The molecule has 16 heavy (non-hydrogen) atoms. The van der Waals surface area contributed by atoms with E-state index in [1.54, 1.807) is 0 Å². The summed E-state index contributed by atoms with van der Waals surface area (Å²) < 4.78 is -1.93. The van der Waals surface area contributed by atoms with Crippen molar-refractivity contribution in [2.24, 2.45) is 0 Å². The van der Waals surface area contributed by atoms with Crippen LogP contribution in [0.3, 0.4) is 0 Å². The number of hydrogen-bond donors (Lipinski definition) is 0. The molecule has 0 aromatic carbocycles. The first-order valence-electron chi connectivity index (χ1n) is 6.55. The maximum atomic E-state index is 6.17. The molecule has 0 N–H and O–H groups in total. The molecule has 98 valence electrons. The molecule has 0 radical (unpaired) electrons. The van der Waals surface area contributed by atoms with Gasteiger partial charge in [0.1, 0.15) is 0 Å². The Morgan fingerprint density at radius 1 is 0.938 bits per heavy atom. The van der Waals surface area contributed by atoms with Crippen LogP contribution in [0.25, 0.3) is 0 Å². The predicted octanol–water partition coefficient (Wildman–Crippen LogP) is 6.76. The molecule has 0 spiro atoms. The van der Waals surface area contributed by atoms with Crippen LogP contribution < -0.4 is 0 Å². The van der Waals surface area contributed by atoms with Crippen molar-refractivity contribution >= 4 is 48.1 Å². The molecular weight excluding hydrogens is 370 g/mol. The zero-order valence-electron chi connectivity index (χ0n) is 10.6. The van der Waals surface area contributed by atoms with Gasteiger partial charge in [0.05, 0.1) is 0 Å². The first-order chi connectivity index (χ1) is 7.48. The molecule has 0 rings (SSSR count). The van der Waals surface area contributed by atoms with Gasteiger partial charge < -0.3 is 0 Å². The fourth-order valence-corrected chi connectivity index (χ4v) is 3.87. The summed E-state index contributed by atoms with van der Waals surface area (Å²) in [6.45, 7) is 4.46. The van der Waals surface area contributed by atoms with E-state index in [0.717, 1.165) is 0 Å². The van der Waals surface area contributed by atoms with E-state index in [0.29, 0.717) is 5.54 Å².